The van der Waals surface area contributed by atoms with Gasteiger partial charge in [0.05, 0.1) is 0 Å². The molecule has 1 unspecified atom stereocenters. The van der Waals surface area contributed by atoms with Gasteiger partial charge in [-0.1, -0.05) is 50.3 Å². The van der Waals surface area contributed by atoms with E-state index in [1.54, 1.807) is 0 Å². The first-order valence-electron chi connectivity index (χ1n) is 6.45. The van der Waals surface area contributed by atoms with Crippen LogP contribution in [0.1, 0.15) is 37.3 Å². The molecule has 1 atom stereocenters. The molecule has 2 aromatic rings. The second-order valence-corrected chi connectivity index (χ2v) is 5.42. The SMILES string of the molecule is CC(C)CC1C=Cc2cc3ccccc3cc21. The lowest BCUT2D eigenvalue weighted by Gasteiger charge is -2.14. The minimum atomic E-state index is 0.620. The van der Waals surface area contributed by atoms with E-state index in [0.717, 1.165) is 5.92 Å². The van der Waals surface area contributed by atoms with E-state index >= 15 is 0 Å². The third-order valence-corrected chi connectivity index (χ3v) is 3.58. The van der Waals surface area contributed by atoms with Crippen molar-refractivity contribution in [3.63, 3.8) is 0 Å². The number of fused-ring (bicyclic) bond motifs is 2. The molecule has 0 aromatic heterocycles. The van der Waals surface area contributed by atoms with E-state index in [0.29, 0.717) is 5.92 Å². The normalized spacial score (nSPS) is 17.9. The largest absolute Gasteiger partial charge is 0.0764 e. The number of hydrogen-bond acceptors (Lipinski definition) is 0. The molecule has 0 heterocycles. The Labute approximate surface area is 103 Å². The topological polar surface area (TPSA) is 0 Å². The number of rotatable bonds is 2. The summed E-state index contributed by atoms with van der Waals surface area (Å²) in [5.74, 6) is 1.37. The van der Waals surface area contributed by atoms with Crippen molar-refractivity contribution in [1.82, 2.24) is 0 Å². The summed E-state index contributed by atoms with van der Waals surface area (Å²) < 4.78 is 0. The molecule has 0 nitrogen and oxygen atoms in total. The van der Waals surface area contributed by atoms with Gasteiger partial charge in [0.2, 0.25) is 0 Å². The first-order chi connectivity index (χ1) is 8.24. The summed E-state index contributed by atoms with van der Waals surface area (Å²) in [5.41, 5.74) is 2.92. The van der Waals surface area contributed by atoms with Crippen molar-refractivity contribution in [2.24, 2.45) is 5.92 Å². The average molecular weight is 222 g/mol. The molecule has 0 aliphatic heterocycles. The first kappa shape index (κ1) is 10.6. The van der Waals surface area contributed by atoms with Crippen LogP contribution in [0.25, 0.3) is 16.8 Å². The Morgan fingerprint density at radius 2 is 1.76 bits per heavy atom. The van der Waals surface area contributed by atoms with Crippen molar-refractivity contribution in [3.05, 3.63) is 53.6 Å². The summed E-state index contributed by atoms with van der Waals surface area (Å²) in [6, 6.07) is 13.3. The molecule has 1 aliphatic rings. The smallest absolute Gasteiger partial charge is 0.00298 e. The third-order valence-electron chi connectivity index (χ3n) is 3.58. The minimum absolute atomic E-state index is 0.620. The van der Waals surface area contributed by atoms with Crippen LogP contribution in [0.2, 0.25) is 0 Å². The van der Waals surface area contributed by atoms with Crippen LogP contribution in [0.5, 0.6) is 0 Å². The van der Waals surface area contributed by atoms with E-state index in [9.17, 15) is 0 Å². The Hall–Kier alpha value is -1.56. The Morgan fingerprint density at radius 3 is 2.47 bits per heavy atom. The number of allylic oxidation sites excluding steroid dienone is 1. The maximum absolute atomic E-state index is 2.37. The van der Waals surface area contributed by atoms with E-state index in [2.05, 4.69) is 62.4 Å². The van der Waals surface area contributed by atoms with Crippen LogP contribution < -0.4 is 0 Å². The van der Waals surface area contributed by atoms with Crippen molar-refractivity contribution < 1.29 is 0 Å². The molecule has 0 radical (unpaired) electrons. The molecule has 0 spiro atoms. The lowest BCUT2D eigenvalue weighted by Crippen LogP contribution is -1.98. The van der Waals surface area contributed by atoms with Crippen molar-refractivity contribution in [3.8, 4) is 0 Å². The van der Waals surface area contributed by atoms with Crippen LogP contribution in [0.4, 0.5) is 0 Å². The lowest BCUT2D eigenvalue weighted by molar-refractivity contribution is 0.553. The first-order valence-corrected chi connectivity index (χ1v) is 6.45. The van der Waals surface area contributed by atoms with Gasteiger partial charge >= 0.3 is 0 Å². The van der Waals surface area contributed by atoms with Gasteiger partial charge in [-0.15, -0.1) is 0 Å². The van der Waals surface area contributed by atoms with E-state index in [1.807, 2.05) is 0 Å². The molecule has 86 valence electrons. The average Bonchev–Trinajstić information content (AvgIpc) is 2.68. The predicted octanol–water partition coefficient (Wildman–Crippen LogP) is 5.00. The fourth-order valence-electron chi connectivity index (χ4n) is 2.78. The quantitative estimate of drug-likeness (QED) is 0.671. The van der Waals surface area contributed by atoms with Gasteiger partial charge in [-0.3, -0.25) is 0 Å². The monoisotopic (exact) mass is 222 g/mol. The van der Waals surface area contributed by atoms with Gasteiger partial charge in [-0.25, -0.2) is 0 Å². The van der Waals surface area contributed by atoms with Crippen LogP contribution in [-0.4, -0.2) is 0 Å². The standard InChI is InChI=1S/C17H18/c1-12(2)9-15-7-8-16-10-13-5-3-4-6-14(13)11-17(15)16/h3-8,10-12,15H,9H2,1-2H3. The maximum atomic E-state index is 2.37. The van der Waals surface area contributed by atoms with Crippen LogP contribution in [0.15, 0.2) is 42.5 Å². The minimum Gasteiger partial charge on any atom is -0.0764 e. The van der Waals surface area contributed by atoms with Crippen LogP contribution in [0, 0.1) is 5.92 Å². The van der Waals surface area contributed by atoms with Gasteiger partial charge in [0.1, 0.15) is 0 Å². The molecular formula is C17H18. The zero-order valence-electron chi connectivity index (χ0n) is 10.5. The highest BCUT2D eigenvalue weighted by atomic mass is 14.2. The van der Waals surface area contributed by atoms with E-state index < -0.39 is 0 Å². The van der Waals surface area contributed by atoms with Crippen molar-refractivity contribution in [1.29, 1.82) is 0 Å². The third kappa shape index (κ3) is 1.88. The van der Waals surface area contributed by atoms with Gasteiger partial charge in [0.15, 0.2) is 0 Å². The van der Waals surface area contributed by atoms with E-state index in [4.69, 9.17) is 0 Å². The highest BCUT2D eigenvalue weighted by Crippen LogP contribution is 2.36. The molecule has 0 saturated heterocycles. The summed E-state index contributed by atoms with van der Waals surface area (Å²) in [6.07, 6.45) is 5.90. The Bertz CT molecular complexity index is 576. The van der Waals surface area contributed by atoms with Gasteiger partial charge < -0.3 is 0 Å². The molecule has 0 saturated carbocycles. The van der Waals surface area contributed by atoms with Crippen LogP contribution >= 0.6 is 0 Å². The molecule has 0 N–H and O–H groups in total. The second-order valence-electron chi connectivity index (χ2n) is 5.42. The summed E-state index contributed by atoms with van der Waals surface area (Å²) in [7, 11) is 0. The van der Waals surface area contributed by atoms with Gasteiger partial charge in [-0.05, 0) is 46.4 Å². The highest BCUT2D eigenvalue weighted by Gasteiger charge is 2.18. The molecule has 0 bridgehead atoms. The van der Waals surface area contributed by atoms with Crippen molar-refractivity contribution >= 4 is 16.8 Å². The Morgan fingerprint density at radius 1 is 1.06 bits per heavy atom. The molecule has 0 heteroatoms. The molecular weight excluding hydrogens is 204 g/mol. The maximum Gasteiger partial charge on any atom is 0.00298 e. The van der Waals surface area contributed by atoms with Crippen LogP contribution in [-0.2, 0) is 0 Å². The fraction of sp³-hybridized carbons (Fsp3) is 0.294. The molecule has 1 aliphatic carbocycles. The second kappa shape index (κ2) is 4.03. The molecule has 3 rings (SSSR count). The molecule has 0 fully saturated rings. The summed E-state index contributed by atoms with van der Waals surface area (Å²) in [4.78, 5) is 0. The summed E-state index contributed by atoms with van der Waals surface area (Å²) in [5, 5.41) is 2.71. The molecule has 17 heavy (non-hydrogen) atoms. The molecule has 0 amide bonds. The lowest BCUT2D eigenvalue weighted by atomic mass is 9.90. The van der Waals surface area contributed by atoms with Crippen LogP contribution in [0.3, 0.4) is 0 Å². The number of hydrogen-bond donors (Lipinski definition) is 0. The Kier molecular flexibility index (Phi) is 2.51. The summed E-state index contributed by atoms with van der Waals surface area (Å²) >= 11 is 0. The molecule has 2 aromatic carbocycles. The van der Waals surface area contributed by atoms with E-state index in [-0.39, 0.29) is 0 Å². The number of benzene rings is 2. The highest BCUT2D eigenvalue weighted by molar-refractivity contribution is 5.87. The van der Waals surface area contributed by atoms with Crippen molar-refractivity contribution in [2.45, 2.75) is 26.2 Å². The van der Waals surface area contributed by atoms with E-state index in [1.165, 1.54) is 28.3 Å². The zero-order valence-corrected chi connectivity index (χ0v) is 10.5. The Balaban J connectivity index is 2.08. The predicted molar refractivity (Wildman–Crippen MR) is 75.2 cm³/mol. The van der Waals surface area contributed by atoms with Gasteiger partial charge in [0.25, 0.3) is 0 Å². The fourth-order valence-corrected chi connectivity index (χ4v) is 2.78. The van der Waals surface area contributed by atoms with Gasteiger partial charge in [-0.2, -0.15) is 0 Å². The van der Waals surface area contributed by atoms with Gasteiger partial charge in [0, 0.05) is 5.92 Å². The zero-order chi connectivity index (χ0) is 11.8. The summed E-state index contributed by atoms with van der Waals surface area (Å²) in [6.45, 7) is 4.60. The van der Waals surface area contributed by atoms with Crippen molar-refractivity contribution in [2.75, 3.05) is 0 Å².